The van der Waals surface area contributed by atoms with Crippen molar-refractivity contribution in [2.24, 2.45) is 0 Å². The highest BCUT2D eigenvalue weighted by molar-refractivity contribution is 5.76. The molecule has 1 aromatic rings. The minimum atomic E-state index is -0.513. The molecule has 1 heterocycles. The Labute approximate surface area is 98.4 Å². The van der Waals surface area contributed by atoms with Crippen molar-refractivity contribution in [1.29, 1.82) is 0 Å². The number of hydrogen-bond donors (Lipinski definition) is 2. The third-order valence-electron chi connectivity index (χ3n) is 2.72. The van der Waals surface area contributed by atoms with Gasteiger partial charge in [-0.2, -0.15) is 0 Å². The molecule has 2 N–H and O–H groups in total. The summed E-state index contributed by atoms with van der Waals surface area (Å²) in [6.45, 7) is 0.305. The maximum Gasteiger partial charge on any atom is 0.323 e. The van der Waals surface area contributed by atoms with Crippen molar-refractivity contribution < 1.29 is 19.0 Å². The smallest absolute Gasteiger partial charge is 0.323 e. The maximum atomic E-state index is 13.2. The Hall–Kier alpha value is -1.46. The van der Waals surface area contributed by atoms with Crippen LogP contribution in [0.15, 0.2) is 24.3 Å². The van der Waals surface area contributed by atoms with Crippen molar-refractivity contribution in [3.8, 4) is 0 Å². The molecule has 1 fully saturated rings. The van der Waals surface area contributed by atoms with Gasteiger partial charge in [0.25, 0.3) is 0 Å². The largest absolute Gasteiger partial charge is 0.460 e. The predicted octanol–water partition coefficient (Wildman–Crippen LogP) is 0.592. The summed E-state index contributed by atoms with van der Waals surface area (Å²) in [6, 6.07) is 5.66. The van der Waals surface area contributed by atoms with Gasteiger partial charge in [0.2, 0.25) is 0 Å². The van der Waals surface area contributed by atoms with Crippen molar-refractivity contribution in [1.82, 2.24) is 5.32 Å². The summed E-state index contributed by atoms with van der Waals surface area (Å²) in [5.74, 6) is -0.843. The summed E-state index contributed by atoms with van der Waals surface area (Å²) in [5.41, 5.74) is 0.347. The molecule has 2 atom stereocenters. The molecule has 1 aromatic carbocycles. The molecule has 1 aliphatic heterocycles. The molecule has 5 heteroatoms. The number of carbonyl (C=O) groups is 1. The topological polar surface area (TPSA) is 58.6 Å². The lowest BCUT2D eigenvalue weighted by atomic mass is 10.2. The van der Waals surface area contributed by atoms with Crippen LogP contribution in [0.25, 0.3) is 0 Å². The predicted molar refractivity (Wildman–Crippen MR) is 58.6 cm³/mol. The van der Waals surface area contributed by atoms with Crippen LogP contribution in [0.4, 0.5) is 4.39 Å². The van der Waals surface area contributed by atoms with Gasteiger partial charge in [-0.3, -0.25) is 4.79 Å². The number of nitrogens with one attached hydrogen (secondary N) is 1. The van der Waals surface area contributed by atoms with E-state index >= 15 is 0 Å². The first kappa shape index (κ1) is 12.0. The normalized spacial score (nSPS) is 23.6. The van der Waals surface area contributed by atoms with Gasteiger partial charge in [0.1, 0.15) is 18.5 Å². The first-order valence-electron chi connectivity index (χ1n) is 5.48. The van der Waals surface area contributed by atoms with Crippen LogP contribution in [-0.2, 0) is 16.1 Å². The number of aliphatic hydroxyl groups is 1. The lowest BCUT2D eigenvalue weighted by Crippen LogP contribution is -2.32. The number of ether oxygens (including phenoxy) is 1. The van der Waals surface area contributed by atoms with E-state index in [2.05, 4.69) is 5.32 Å². The zero-order chi connectivity index (χ0) is 12.3. The Morgan fingerprint density at radius 2 is 2.29 bits per heavy atom. The zero-order valence-electron chi connectivity index (χ0n) is 9.23. The van der Waals surface area contributed by atoms with E-state index in [-0.39, 0.29) is 12.4 Å². The van der Waals surface area contributed by atoms with Crippen molar-refractivity contribution >= 4 is 5.97 Å². The van der Waals surface area contributed by atoms with Gasteiger partial charge in [0.15, 0.2) is 0 Å². The van der Waals surface area contributed by atoms with E-state index < -0.39 is 18.1 Å². The molecule has 0 amide bonds. The molecule has 1 saturated heterocycles. The molecular weight excluding hydrogens is 225 g/mol. The Balaban J connectivity index is 1.86. The van der Waals surface area contributed by atoms with Crippen molar-refractivity contribution in [2.45, 2.75) is 25.2 Å². The van der Waals surface area contributed by atoms with Crippen LogP contribution >= 0.6 is 0 Å². The van der Waals surface area contributed by atoms with Crippen molar-refractivity contribution in [3.05, 3.63) is 35.6 Å². The molecule has 0 bridgehead atoms. The van der Waals surface area contributed by atoms with Crippen LogP contribution in [0.1, 0.15) is 12.0 Å². The molecule has 2 rings (SSSR count). The molecule has 0 aliphatic carbocycles. The summed E-state index contributed by atoms with van der Waals surface area (Å²) in [5, 5.41) is 12.1. The van der Waals surface area contributed by atoms with E-state index in [1.54, 1.807) is 18.2 Å². The van der Waals surface area contributed by atoms with Crippen LogP contribution in [0.3, 0.4) is 0 Å². The van der Waals surface area contributed by atoms with Gasteiger partial charge in [-0.25, -0.2) is 4.39 Å². The Kier molecular flexibility index (Phi) is 3.71. The SMILES string of the molecule is O=C(OCc1ccccc1F)[C@H]1C[C@@H](O)CN1. The Morgan fingerprint density at radius 3 is 2.94 bits per heavy atom. The van der Waals surface area contributed by atoms with Crippen molar-refractivity contribution in [3.63, 3.8) is 0 Å². The zero-order valence-corrected chi connectivity index (χ0v) is 9.23. The number of carbonyl (C=O) groups excluding carboxylic acids is 1. The highest BCUT2D eigenvalue weighted by Gasteiger charge is 2.29. The Bertz CT molecular complexity index is 410. The molecule has 0 unspecified atom stereocenters. The van der Waals surface area contributed by atoms with Gasteiger partial charge in [-0.05, 0) is 6.07 Å². The van der Waals surface area contributed by atoms with E-state index in [1.165, 1.54) is 6.07 Å². The second kappa shape index (κ2) is 5.25. The minimum Gasteiger partial charge on any atom is -0.460 e. The van der Waals surface area contributed by atoms with E-state index in [0.717, 1.165) is 0 Å². The van der Waals surface area contributed by atoms with Gasteiger partial charge in [-0.1, -0.05) is 18.2 Å². The fraction of sp³-hybridized carbons (Fsp3) is 0.417. The second-order valence-electron chi connectivity index (χ2n) is 4.05. The van der Waals surface area contributed by atoms with Gasteiger partial charge in [0.05, 0.1) is 6.10 Å². The fourth-order valence-electron chi connectivity index (χ4n) is 1.76. The molecule has 0 saturated carbocycles. The lowest BCUT2D eigenvalue weighted by Gasteiger charge is -2.10. The number of β-amino-alcohol motifs (C(OH)–C–C–N with tert-alkyl or cyclic N) is 1. The highest BCUT2D eigenvalue weighted by Crippen LogP contribution is 2.11. The summed E-state index contributed by atoms with van der Waals surface area (Å²) in [6.07, 6.45) is -0.170. The highest BCUT2D eigenvalue weighted by atomic mass is 19.1. The molecular formula is C12H14FNO3. The molecule has 92 valence electrons. The number of rotatable bonds is 3. The van der Waals surface area contributed by atoms with E-state index in [9.17, 15) is 14.3 Å². The number of aliphatic hydroxyl groups excluding tert-OH is 1. The van der Waals surface area contributed by atoms with Crippen LogP contribution in [0.2, 0.25) is 0 Å². The average Bonchev–Trinajstić information content (AvgIpc) is 2.74. The van der Waals surface area contributed by atoms with E-state index in [1.807, 2.05) is 0 Å². The van der Waals surface area contributed by atoms with E-state index in [4.69, 9.17) is 4.74 Å². The first-order chi connectivity index (χ1) is 8.16. The van der Waals surface area contributed by atoms with Gasteiger partial charge >= 0.3 is 5.97 Å². The molecule has 0 aromatic heterocycles. The summed E-state index contributed by atoms with van der Waals surface area (Å²) in [7, 11) is 0. The third kappa shape index (κ3) is 3.01. The number of hydrogen-bond acceptors (Lipinski definition) is 4. The quantitative estimate of drug-likeness (QED) is 0.758. The molecule has 0 spiro atoms. The third-order valence-corrected chi connectivity index (χ3v) is 2.72. The fourth-order valence-corrected chi connectivity index (χ4v) is 1.76. The second-order valence-corrected chi connectivity index (χ2v) is 4.05. The summed E-state index contributed by atoms with van der Waals surface area (Å²) in [4.78, 5) is 11.6. The van der Waals surface area contributed by atoms with E-state index in [0.29, 0.717) is 18.5 Å². The molecule has 4 nitrogen and oxygen atoms in total. The summed E-state index contributed by atoms with van der Waals surface area (Å²) >= 11 is 0. The van der Waals surface area contributed by atoms with Crippen molar-refractivity contribution in [2.75, 3.05) is 6.54 Å². The maximum absolute atomic E-state index is 13.2. The minimum absolute atomic E-state index is 0.0835. The van der Waals surface area contributed by atoms with Crippen LogP contribution in [0, 0.1) is 5.82 Å². The van der Waals surface area contributed by atoms with Crippen LogP contribution in [-0.4, -0.2) is 29.8 Å². The average molecular weight is 239 g/mol. The number of benzene rings is 1. The lowest BCUT2D eigenvalue weighted by molar-refractivity contribution is -0.147. The summed E-state index contributed by atoms with van der Waals surface area (Å²) < 4.78 is 18.2. The number of esters is 1. The molecule has 1 aliphatic rings. The van der Waals surface area contributed by atoms with Gasteiger partial charge in [0, 0.05) is 18.5 Å². The van der Waals surface area contributed by atoms with Gasteiger partial charge < -0.3 is 15.2 Å². The first-order valence-corrected chi connectivity index (χ1v) is 5.48. The molecule has 0 radical (unpaired) electrons. The Morgan fingerprint density at radius 1 is 1.53 bits per heavy atom. The molecule has 17 heavy (non-hydrogen) atoms. The standard InChI is InChI=1S/C12H14FNO3/c13-10-4-2-1-3-8(10)7-17-12(16)11-5-9(15)6-14-11/h1-4,9,11,14-15H,5-7H2/t9-,11-/m1/s1. The monoisotopic (exact) mass is 239 g/mol. The number of halogens is 1. The van der Waals surface area contributed by atoms with Crippen LogP contribution < -0.4 is 5.32 Å². The van der Waals surface area contributed by atoms with Crippen LogP contribution in [0.5, 0.6) is 0 Å². The van der Waals surface area contributed by atoms with Gasteiger partial charge in [-0.15, -0.1) is 0 Å².